The molecule has 2 rings (SSSR count). The second-order valence-corrected chi connectivity index (χ2v) is 7.83. The van der Waals surface area contributed by atoms with Crippen molar-refractivity contribution in [1.29, 1.82) is 5.26 Å². The zero-order valence-corrected chi connectivity index (χ0v) is 13.3. The standard InChI is InChI=1S/C14H17ClN2O3S/c1-14(18)5-2-7-17(8-6-14)21(19,20)13-9-11(10-16)3-4-12(13)15/h3-4,9,18H,2,5-8H2,1H3. The van der Waals surface area contributed by atoms with Crippen LogP contribution >= 0.6 is 11.6 Å². The van der Waals surface area contributed by atoms with Crippen LogP contribution in [0.3, 0.4) is 0 Å². The van der Waals surface area contributed by atoms with E-state index in [9.17, 15) is 13.5 Å². The lowest BCUT2D eigenvalue weighted by atomic mass is 9.98. The fourth-order valence-corrected chi connectivity index (χ4v) is 4.37. The molecule has 1 N–H and O–H groups in total. The average Bonchev–Trinajstić information content (AvgIpc) is 2.60. The van der Waals surface area contributed by atoms with E-state index in [-0.39, 0.29) is 22.0 Å². The first-order chi connectivity index (χ1) is 9.76. The van der Waals surface area contributed by atoms with Crippen molar-refractivity contribution in [1.82, 2.24) is 4.31 Å². The van der Waals surface area contributed by atoms with Crippen LogP contribution in [0.15, 0.2) is 23.1 Å². The zero-order valence-electron chi connectivity index (χ0n) is 11.7. The van der Waals surface area contributed by atoms with Gasteiger partial charge in [0.05, 0.1) is 22.3 Å². The molecule has 1 unspecified atom stereocenters. The van der Waals surface area contributed by atoms with Crippen molar-refractivity contribution < 1.29 is 13.5 Å². The van der Waals surface area contributed by atoms with E-state index >= 15 is 0 Å². The molecule has 0 bridgehead atoms. The van der Waals surface area contributed by atoms with Crippen molar-refractivity contribution in [3.63, 3.8) is 0 Å². The molecule has 0 spiro atoms. The summed E-state index contributed by atoms with van der Waals surface area (Å²) in [7, 11) is -3.76. The SMILES string of the molecule is CC1(O)CCCN(S(=O)(=O)c2cc(C#N)ccc2Cl)CC1. The fourth-order valence-electron chi connectivity index (χ4n) is 2.39. The number of hydrogen-bond donors (Lipinski definition) is 1. The molecule has 0 amide bonds. The first-order valence-electron chi connectivity index (χ1n) is 6.68. The van der Waals surface area contributed by atoms with E-state index in [0.29, 0.717) is 25.8 Å². The van der Waals surface area contributed by atoms with E-state index < -0.39 is 15.6 Å². The van der Waals surface area contributed by atoms with E-state index in [1.165, 1.54) is 22.5 Å². The Hall–Kier alpha value is -1.13. The molecule has 0 aliphatic carbocycles. The summed E-state index contributed by atoms with van der Waals surface area (Å²) in [5.41, 5.74) is -0.595. The maximum atomic E-state index is 12.7. The third kappa shape index (κ3) is 3.55. The number of rotatable bonds is 2. The quantitative estimate of drug-likeness (QED) is 0.901. The van der Waals surface area contributed by atoms with Crippen LogP contribution in [0.5, 0.6) is 0 Å². The number of sulfonamides is 1. The predicted octanol–water partition coefficient (Wildman–Crippen LogP) is 2.14. The molecular formula is C14H17ClN2O3S. The molecule has 1 saturated heterocycles. The van der Waals surface area contributed by atoms with E-state index in [0.717, 1.165) is 0 Å². The fraction of sp³-hybridized carbons (Fsp3) is 0.500. The molecule has 1 atom stereocenters. The summed E-state index contributed by atoms with van der Waals surface area (Å²) in [6, 6.07) is 6.10. The van der Waals surface area contributed by atoms with Gasteiger partial charge in [-0.3, -0.25) is 0 Å². The van der Waals surface area contributed by atoms with Crippen LogP contribution in [0.4, 0.5) is 0 Å². The summed E-state index contributed by atoms with van der Waals surface area (Å²) >= 11 is 5.99. The minimum absolute atomic E-state index is 0.0511. The van der Waals surface area contributed by atoms with Gasteiger partial charge < -0.3 is 5.11 Å². The molecule has 1 aliphatic heterocycles. The first-order valence-corrected chi connectivity index (χ1v) is 8.50. The van der Waals surface area contributed by atoms with E-state index in [1.54, 1.807) is 6.92 Å². The Balaban J connectivity index is 2.36. The number of hydrogen-bond acceptors (Lipinski definition) is 4. The molecule has 1 fully saturated rings. The lowest BCUT2D eigenvalue weighted by Crippen LogP contribution is -2.33. The summed E-state index contributed by atoms with van der Waals surface area (Å²) in [6.07, 6.45) is 1.52. The van der Waals surface area contributed by atoms with Crippen LogP contribution in [0, 0.1) is 11.3 Å². The molecular weight excluding hydrogens is 312 g/mol. The minimum atomic E-state index is -3.76. The Labute approximate surface area is 129 Å². The summed E-state index contributed by atoms with van der Waals surface area (Å²) in [6.45, 7) is 2.29. The van der Waals surface area contributed by atoms with Gasteiger partial charge in [0.25, 0.3) is 0 Å². The van der Waals surface area contributed by atoms with Crippen LogP contribution in [0.1, 0.15) is 31.7 Å². The molecule has 0 saturated carbocycles. The Morgan fingerprint density at radius 1 is 1.38 bits per heavy atom. The van der Waals surface area contributed by atoms with Crippen molar-refractivity contribution in [3.05, 3.63) is 28.8 Å². The largest absolute Gasteiger partial charge is 0.390 e. The zero-order chi connectivity index (χ0) is 15.7. The summed E-state index contributed by atoms with van der Waals surface area (Å²) in [4.78, 5) is -0.0511. The predicted molar refractivity (Wildman–Crippen MR) is 79.4 cm³/mol. The van der Waals surface area contributed by atoms with Crippen LogP contribution in [-0.4, -0.2) is 36.5 Å². The number of halogens is 1. The Kier molecular flexibility index (Phi) is 4.59. The van der Waals surface area contributed by atoms with Gasteiger partial charge >= 0.3 is 0 Å². The summed E-state index contributed by atoms with van der Waals surface area (Å²) in [5, 5.41) is 19.1. The normalized spacial score (nSPS) is 24.3. The number of nitrogens with zero attached hydrogens (tertiary/aromatic N) is 2. The van der Waals surface area contributed by atoms with Gasteiger partial charge in [-0.1, -0.05) is 11.6 Å². The van der Waals surface area contributed by atoms with E-state index in [1.807, 2.05) is 6.07 Å². The number of aliphatic hydroxyl groups is 1. The highest BCUT2D eigenvalue weighted by Crippen LogP contribution is 2.29. The monoisotopic (exact) mass is 328 g/mol. The highest BCUT2D eigenvalue weighted by molar-refractivity contribution is 7.89. The van der Waals surface area contributed by atoms with Crippen molar-refractivity contribution in [2.75, 3.05) is 13.1 Å². The number of nitriles is 1. The van der Waals surface area contributed by atoms with Crippen molar-refractivity contribution in [2.24, 2.45) is 0 Å². The first kappa shape index (κ1) is 16.2. The second kappa shape index (κ2) is 5.93. The lowest BCUT2D eigenvalue weighted by molar-refractivity contribution is 0.0465. The Bertz CT molecular complexity index is 680. The molecule has 1 heterocycles. The van der Waals surface area contributed by atoms with Gasteiger partial charge in [0.1, 0.15) is 4.90 Å². The maximum absolute atomic E-state index is 12.7. The molecule has 21 heavy (non-hydrogen) atoms. The van der Waals surface area contributed by atoms with Crippen LogP contribution in [0.25, 0.3) is 0 Å². The molecule has 1 aromatic carbocycles. The highest BCUT2D eigenvalue weighted by atomic mass is 35.5. The van der Waals surface area contributed by atoms with Crippen molar-refractivity contribution in [3.8, 4) is 6.07 Å². The molecule has 0 radical (unpaired) electrons. The van der Waals surface area contributed by atoms with Crippen LogP contribution < -0.4 is 0 Å². The maximum Gasteiger partial charge on any atom is 0.244 e. The highest BCUT2D eigenvalue weighted by Gasteiger charge is 2.32. The summed E-state index contributed by atoms with van der Waals surface area (Å²) < 4.78 is 26.7. The van der Waals surface area contributed by atoms with Gasteiger partial charge in [-0.15, -0.1) is 0 Å². The van der Waals surface area contributed by atoms with Gasteiger partial charge in [-0.25, -0.2) is 8.42 Å². The number of benzene rings is 1. The van der Waals surface area contributed by atoms with E-state index in [2.05, 4.69) is 0 Å². The smallest absolute Gasteiger partial charge is 0.244 e. The van der Waals surface area contributed by atoms with Gasteiger partial charge in [0.15, 0.2) is 0 Å². The third-order valence-electron chi connectivity index (χ3n) is 3.70. The van der Waals surface area contributed by atoms with Gasteiger partial charge in [0.2, 0.25) is 10.0 Å². The molecule has 1 aliphatic rings. The average molecular weight is 329 g/mol. The Morgan fingerprint density at radius 2 is 2.10 bits per heavy atom. The van der Waals surface area contributed by atoms with Crippen molar-refractivity contribution >= 4 is 21.6 Å². The molecule has 114 valence electrons. The molecule has 7 heteroatoms. The van der Waals surface area contributed by atoms with Gasteiger partial charge in [-0.2, -0.15) is 9.57 Å². The second-order valence-electron chi connectivity index (χ2n) is 5.51. The lowest BCUT2D eigenvalue weighted by Gasteiger charge is -2.22. The minimum Gasteiger partial charge on any atom is -0.390 e. The summed E-state index contributed by atoms with van der Waals surface area (Å²) in [5.74, 6) is 0. The molecule has 1 aromatic rings. The molecule has 5 nitrogen and oxygen atoms in total. The topological polar surface area (TPSA) is 81.4 Å². The molecule has 0 aromatic heterocycles. The van der Waals surface area contributed by atoms with Gasteiger partial charge in [0, 0.05) is 13.1 Å². The van der Waals surface area contributed by atoms with Crippen LogP contribution in [-0.2, 0) is 10.0 Å². The van der Waals surface area contributed by atoms with E-state index in [4.69, 9.17) is 16.9 Å². The van der Waals surface area contributed by atoms with Crippen LogP contribution in [0.2, 0.25) is 5.02 Å². The van der Waals surface area contributed by atoms with Gasteiger partial charge in [-0.05, 0) is 44.4 Å². The third-order valence-corrected chi connectivity index (χ3v) is 6.08. The van der Waals surface area contributed by atoms with Crippen molar-refractivity contribution in [2.45, 2.75) is 36.7 Å². The Morgan fingerprint density at radius 3 is 2.76 bits per heavy atom.